The van der Waals surface area contributed by atoms with Crippen LogP contribution < -0.4 is 10.5 Å². The molecule has 0 aliphatic carbocycles. The van der Waals surface area contributed by atoms with Gasteiger partial charge in [-0.1, -0.05) is 13.8 Å². The number of nitrogens with zero attached hydrogens (tertiary/aromatic N) is 1. The summed E-state index contributed by atoms with van der Waals surface area (Å²) in [4.78, 5) is 13.7. The maximum Gasteiger partial charge on any atom is 0.263 e. The largest absolute Gasteiger partial charge is 0.481 e. The Labute approximate surface area is 130 Å². The summed E-state index contributed by atoms with van der Waals surface area (Å²) in [7, 11) is 1.67. The highest BCUT2D eigenvalue weighted by atomic mass is 19.2. The molecule has 0 heterocycles. The van der Waals surface area contributed by atoms with Crippen LogP contribution in [0.3, 0.4) is 0 Å². The molecule has 124 valence electrons. The van der Waals surface area contributed by atoms with Gasteiger partial charge in [0.15, 0.2) is 17.7 Å². The van der Waals surface area contributed by atoms with Gasteiger partial charge in [-0.2, -0.15) is 0 Å². The first-order valence-electron chi connectivity index (χ1n) is 7.34. The van der Waals surface area contributed by atoms with Gasteiger partial charge in [-0.3, -0.25) is 4.79 Å². The first-order valence-corrected chi connectivity index (χ1v) is 7.34. The van der Waals surface area contributed by atoms with Crippen LogP contribution in [0.25, 0.3) is 0 Å². The molecule has 0 saturated heterocycles. The highest BCUT2D eigenvalue weighted by molar-refractivity contribution is 5.80. The van der Waals surface area contributed by atoms with Gasteiger partial charge in [-0.05, 0) is 31.4 Å². The number of ether oxygens (including phenoxy) is 1. The zero-order valence-corrected chi connectivity index (χ0v) is 13.5. The molecule has 2 N–H and O–H groups in total. The van der Waals surface area contributed by atoms with Crippen LogP contribution in [-0.4, -0.2) is 36.5 Å². The monoisotopic (exact) mass is 314 g/mol. The smallest absolute Gasteiger partial charge is 0.263 e. The zero-order chi connectivity index (χ0) is 16.9. The van der Waals surface area contributed by atoms with Crippen molar-refractivity contribution in [3.8, 4) is 5.75 Å². The minimum atomic E-state index is -1.01. The summed E-state index contributed by atoms with van der Waals surface area (Å²) in [5, 5.41) is 0. The third-order valence-electron chi connectivity index (χ3n) is 3.58. The summed E-state index contributed by atoms with van der Waals surface area (Å²) in [6, 6.07) is 3.20. The fourth-order valence-corrected chi connectivity index (χ4v) is 1.90. The van der Waals surface area contributed by atoms with Crippen LogP contribution in [-0.2, 0) is 4.79 Å². The van der Waals surface area contributed by atoms with Gasteiger partial charge in [0.25, 0.3) is 5.91 Å². The van der Waals surface area contributed by atoms with Crippen molar-refractivity contribution < 1.29 is 18.3 Å². The summed E-state index contributed by atoms with van der Waals surface area (Å²) in [6.45, 7) is 6.15. The van der Waals surface area contributed by atoms with Gasteiger partial charge in [0.2, 0.25) is 0 Å². The van der Waals surface area contributed by atoms with Crippen molar-refractivity contribution in [2.45, 2.75) is 39.3 Å². The minimum absolute atomic E-state index is 0.0256. The third-order valence-corrected chi connectivity index (χ3v) is 3.58. The Bertz CT molecular complexity index is 509. The molecule has 0 bridgehead atoms. The molecule has 0 fully saturated rings. The Morgan fingerprint density at radius 1 is 1.27 bits per heavy atom. The van der Waals surface area contributed by atoms with Crippen LogP contribution in [0.15, 0.2) is 18.2 Å². The SMILES string of the molecule is CC(Oc1ccc(F)c(F)c1)C(=O)N(C)CCC(N)C(C)C. The van der Waals surface area contributed by atoms with Crippen molar-refractivity contribution >= 4 is 5.91 Å². The Balaban J connectivity index is 2.54. The maximum atomic E-state index is 13.1. The fraction of sp³-hybridized carbons (Fsp3) is 0.562. The van der Waals surface area contributed by atoms with Crippen LogP contribution in [0, 0.1) is 17.6 Å². The molecule has 1 rings (SSSR count). The number of rotatable bonds is 7. The molecule has 0 radical (unpaired) electrons. The summed E-state index contributed by atoms with van der Waals surface area (Å²) in [5.41, 5.74) is 5.95. The molecule has 0 aliphatic heterocycles. The number of halogens is 2. The van der Waals surface area contributed by atoms with E-state index in [1.165, 1.54) is 11.0 Å². The number of hydrogen-bond acceptors (Lipinski definition) is 3. The standard InChI is InChI=1S/C16H24F2N2O2/c1-10(2)15(19)7-8-20(4)16(21)11(3)22-12-5-6-13(17)14(18)9-12/h5-6,9-11,15H,7-8,19H2,1-4H3. The second kappa shape index (κ2) is 8.08. The second-order valence-electron chi connectivity index (χ2n) is 5.79. The quantitative estimate of drug-likeness (QED) is 0.841. The van der Waals surface area contributed by atoms with E-state index >= 15 is 0 Å². The molecule has 2 atom stereocenters. The predicted molar refractivity (Wildman–Crippen MR) is 81.5 cm³/mol. The average Bonchev–Trinajstić information content (AvgIpc) is 2.47. The number of carbonyl (C=O) groups is 1. The Morgan fingerprint density at radius 3 is 2.45 bits per heavy atom. The molecular formula is C16H24F2N2O2. The van der Waals surface area contributed by atoms with Crippen LogP contribution in [0.5, 0.6) is 5.75 Å². The predicted octanol–water partition coefficient (Wildman–Crippen LogP) is 2.56. The lowest BCUT2D eigenvalue weighted by molar-refractivity contribution is -0.136. The van der Waals surface area contributed by atoms with Crippen LogP contribution in [0.1, 0.15) is 27.2 Å². The lowest BCUT2D eigenvalue weighted by Gasteiger charge is -2.24. The fourth-order valence-electron chi connectivity index (χ4n) is 1.90. The van der Waals surface area contributed by atoms with Crippen molar-refractivity contribution in [2.75, 3.05) is 13.6 Å². The summed E-state index contributed by atoms with van der Waals surface area (Å²) < 4.78 is 31.3. The van der Waals surface area contributed by atoms with E-state index in [1.807, 2.05) is 13.8 Å². The minimum Gasteiger partial charge on any atom is -0.481 e. The molecule has 4 nitrogen and oxygen atoms in total. The molecule has 0 saturated carbocycles. The molecule has 1 aromatic carbocycles. The lowest BCUT2D eigenvalue weighted by atomic mass is 10.0. The maximum absolute atomic E-state index is 13.1. The number of likely N-dealkylation sites (N-methyl/N-ethyl adjacent to an activating group) is 1. The molecule has 2 unspecified atom stereocenters. The van der Waals surface area contributed by atoms with Crippen molar-refractivity contribution in [1.29, 1.82) is 0 Å². The van der Waals surface area contributed by atoms with Gasteiger partial charge in [-0.25, -0.2) is 8.78 Å². The van der Waals surface area contributed by atoms with E-state index in [2.05, 4.69) is 0 Å². The van der Waals surface area contributed by atoms with Gasteiger partial charge in [-0.15, -0.1) is 0 Å². The molecule has 1 aromatic rings. The van der Waals surface area contributed by atoms with E-state index in [4.69, 9.17) is 10.5 Å². The summed E-state index contributed by atoms with van der Waals surface area (Å²) in [5.74, 6) is -1.73. The molecule has 6 heteroatoms. The topological polar surface area (TPSA) is 55.6 Å². The Hall–Kier alpha value is -1.69. The molecule has 22 heavy (non-hydrogen) atoms. The third kappa shape index (κ3) is 5.26. The number of benzene rings is 1. The molecule has 0 aromatic heterocycles. The Morgan fingerprint density at radius 2 is 1.91 bits per heavy atom. The van der Waals surface area contributed by atoms with E-state index in [0.717, 1.165) is 12.1 Å². The van der Waals surface area contributed by atoms with E-state index in [-0.39, 0.29) is 17.7 Å². The van der Waals surface area contributed by atoms with E-state index in [1.54, 1.807) is 14.0 Å². The Kier molecular flexibility index (Phi) is 6.74. The van der Waals surface area contributed by atoms with Gasteiger partial charge < -0.3 is 15.4 Å². The van der Waals surface area contributed by atoms with Gasteiger partial charge >= 0.3 is 0 Å². The summed E-state index contributed by atoms with van der Waals surface area (Å²) >= 11 is 0. The molecular weight excluding hydrogens is 290 g/mol. The molecule has 0 spiro atoms. The number of amides is 1. The lowest BCUT2D eigenvalue weighted by Crippen LogP contribution is -2.40. The average molecular weight is 314 g/mol. The van der Waals surface area contributed by atoms with E-state index < -0.39 is 17.7 Å². The molecule has 1 amide bonds. The van der Waals surface area contributed by atoms with E-state index in [0.29, 0.717) is 18.9 Å². The number of nitrogens with two attached hydrogens (primary N) is 1. The number of hydrogen-bond donors (Lipinski definition) is 1. The van der Waals surface area contributed by atoms with Crippen molar-refractivity contribution in [3.05, 3.63) is 29.8 Å². The van der Waals surface area contributed by atoms with Crippen molar-refractivity contribution in [1.82, 2.24) is 4.90 Å². The normalized spacial score (nSPS) is 13.8. The van der Waals surface area contributed by atoms with Crippen LogP contribution in [0.2, 0.25) is 0 Å². The first-order chi connectivity index (χ1) is 10.2. The second-order valence-corrected chi connectivity index (χ2v) is 5.79. The van der Waals surface area contributed by atoms with Gasteiger partial charge in [0.1, 0.15) is 5.75 Å². The van der Waals surface area contributed by atoms with Gasteiger partial charge in [0.05, 0.1) is 0 Å². The first kappa shape index (κ1) is 18.4. The molecule has 0 aliphatic rings. The van der Waals surface area contributed by atoms with Crippen molar-refractivity contribution in [2.24, 2.45) is 11.7 Å². The van der Waals surface area contributed by atoms with E-state index in [9.17, 15) is 13.6 Å². The van der Waals surface area contributed by atoms with Crippen LogP contribution in [0.4, 0.5) is 8.78 Å². The zero-order valence-electron chi connectivity index (χ0n) is 13.5. The van der Waals surface area contributed by atoms with Gasteiger partial charge in [0, 0.05) is 25.7 Å². The highest BCUT2D eigenvalue weighted by Gasteiger charge is 2.20. The van der Waals surface area contributed by atoms with Crippen molar-refractivity contribution in [3.63, 3.8) is 0 Å². The number of carbonyl (C=O) groups excluding carboxylic acids is 1. The summed E-state index contributed by atoms with van der Waals surface area (Å²) in [6.07, 6.45) is -0.0946. The van der Waals surface area contributed by atoms with Crippen LogP contribution >= 0.6 is 0 Å². The highest BCUT2D eigenvalue weighted by Crippen LogP contribution is 2.17.